The Bertz CT molecular complexity index is 2490. The minimum atomic E-state index is 0.713. The number of rotatable bonds is 3. The SMILES string of the molecule is c1ccc(-c2ncc(-n3c4ccccc4c4c5ccccc5c5ccc6ccccc6c5c43)c(-c3ccccc3)n2)cc1. The number of para-hydroxylation sites is 1. The molecule has 0 N–H and O–H groups in total. The largest absolute Gasteiger partial charge is 0.305 e. The van der Waals surface area contributed by atoms with Gasteiger partial charge in [0.2, 0.25) is 0 Å². The first-order valence-electron chi connectivity index (χ1n) is 14.6. The third-order valence-electron chi connectivity index (χ3n) is 8.62. The van der Waals surface area contributed by atoms with Crippen LogP contribution in [0, 0.1) is 0 Å². The summed E-state index contributed by atoms with van der Waals surface area (Å²) >= 11 is 0. The Morgan fingerprint density at radius 2 is 1.02 bits per heavy atom. The summed E-state index contributed by atoms with van der Waals surface area (Å²) in [5, 5.41) is 9.93. The van der Waals surface area contributed by atoms with E-state index in [1.54, 1.807) is 0 Å². The van der Waals surface area contributed by atoms with Crippen LogP contribution in [-0.4, -0.2) is 14.5 Å². The molecule has 0 fully saturated rings. The number of aromatic nitrogens is 3. The van der Waals surface area contributed by atoms with Gasteiger partial charge < -0.3 is 4.57 Å². The Kier molecular flexibility index (Phi) is 5.20. The monoisotopic (exact) mass is 547 g/mol. The fourth-order valence-corrected chi connectivity index (χ4v) is 6.76. The molecule has 2 heterocycles. The van der Waals surface area contributed by atoms with Crippen LogP contribution in [0.4, 0.5) is 0 Å². The van der Waals surface area contributed by atoms with Crippen molar-refractivity contribution in [3.05, 3.63) is 152 Å². The lowest BCUT2D eigenvalue weighted by Gasteiger charge is -2.17. The summed E-state index contributed by atoms with van der Waals surface area (Å²) in [6.07, 6.45) is 2.01. The Morgan fingerprint density at radius 3 is 1.81 bits per heavy atom. The summed E-state index contributed by atoms with van der Waals surface area (Å²) < 4.78 is 2.41. The second-order valence-electron chi connectivity index (χ2n) is 11.0. The summed E-state index contributed by atoms with van der Waals surface area (Å²) in [4.78, 5) is 10.2. The van der Waals surface area contributed by atoms with Gasteiger partial charge in [0.15, 0.2) is 5.82 Å². The zero-order valence-corrected chi connectivity index (χ0v) is 23.3. The zero-order chi connectivity index (χ0) is 28.3. The maximum atomic E-state index is 5.26. The molecule has 43 heavy (non-hydrogen) atoms. The number of hydrogen-bond donors (Lipinski definition) is 0. The maximum Gasteiger partial charge on any atom is 0.159 e. The van der Waals surface area contributed by atoms with Crippen LogP contribution in [0.3, 0.4) is 0 Å². The molecule has 0 saturated heterocycles. The first kappa shape index (κ1) is 23.9. The van der Waals surface area contributed by atoms with Crippen molar-refractivity contribution in [3.63, 3.8) is 0 Å². The average Bonchev–Trinajstić information content (AvgIpc) is 3.44. The minimum absolute atomic E-state index is 0.713. The highest BCUT2D eigenvalue weighted by atomic mass is 15.0. The van der Waals surface area contributed by atoms with E-state index in [2.05, 4.69) is 132 Å². The summed E-state index contributed by atoms with van der Waals surface area (Å²) in [5.74, 6) is 0.713. The highest BCUT2D eigenvalue weighted by molar-refractivity contribution is 6.36. The number of benzene rings is 7. The molecule has 9 aromatic rings. The Balaban J connectivity index is 1.53. The molecule has 3 nitrogen and oxygen atoms in total. The van der Waals surface area contributed by atoms with Gasteiger partial charge in [-0.3, -0.25) is 0 Å². The quantitative estimate of drug-likeness (QED) is 0.206. The molecule has 9 rings (SSSR count). The molecule has 0 aliphatic heterocycles. The van der Waals surface area contributed by atoms with Crippen molar-refractivity contribution in [2.45, 2.75) is 0 Å². The van der Waals surface area contributed by atoms with Crippen LogP contribution in [-0.2, 0) is 0 Å². The summed E-state index contributed by atoms with van der Waals surface area (Å²) in [6.45, 7) is 0. The van der Waals surface area contributed by atoms with Gasteiger partial charge in [0.1, 0.15) is 0 Å². The Morgan fingerprint density at radius 1 is 0.442 bits per heavy atom. The van der Waals surface area contributed by atoms with Crippen LogP contribution in [0.2, 0.25) is 0 Å². The Labute approximate surface area is 248 Å². The molecule has 0 unspecified atom stereocenters. The molecule has 0 bridgehead atoms. The van der Waals surface area contributed by atoms with Crippen LogP contribution < -0.4 is 0 Å². The van der Waals surface area contributed by atoms with E-state index < -0.39 is 0 Å². The molecule has 0 aliphatic carbocycles. The van der Waals surface area contributed by atoms with E-state index in [1.165, 1.54) is 48.6 Å². The summed E-state index contributed by atoms with van der Waals surface area (Å²) in [6, 6.07) is 51.5. The lowest BCUT2D eigenvalue weighted by atomic mass is 9.93. The van der Waals surface area contributed by atoms with Gasteiger partial charge >= 0.3 is 0 Å². The van der Waals surface area contributed by atoms with Gasteiger partial charge in [0.05, 0.1) is 28.6 Å². The van der Waals surface area contributed by atoms with E-state index in [9.17, 15) is 0 Å². The molecule has 7 aromatic carbocycles. The molecule has 0 radical (unpaired) electrons. The number of fused-ring (bicyclic) bond motifs is 10. The van der Waals surface area contributed by atoms with Gasteiger partial charge in [-0.05, 0) is 33.0 Å². The number of hydrogen-bond acceptors (Lipinski definition) is 2. The molecule has 0 atom stereocenters. The van der Waals surface area contributed by atoms with Gasteiger partial charge in [0, 0.05) is 27.3 Å². The molecule has 0 saturated carbocycles. The van der Waals surface area contributed by atoms with Crippen LogP contribution in [0.15, 0.2) is 152 Å². The lowest BCUT2D eigenvalue weighted by molar-refractivity contribution is 1.09. The molecule has 200 valence electrons. The third kappa shape index (κ3) is 3.55. The lowest BCUT2D eigenvalue weighted by Crippen LogP contribution is -2.03. The first-order chi connectivity index (χ1) is 21.4. The fourth-order valence-electron chi connectivity index (χ4n) is 6.76. The van der Waals surface area contributed by atoms with Crippen molar-refractivity contribution in [2.75, 3.05) is 0 Å². The molecule has 3 heteroatoms. The standard InChI is InChI=1S/C40H25N3/c1-3-14-27(15-4-1)38-35(25-41-40(42-38)28-16-5-2-6-17-28)43-34-22-12-11-21-33(34)37-31-20-10-9-19-30(31)32-24-23-26-13-7-8-18-29(26)36(32)39(37)43/h1-25H. The van der Waals surface area contributed by atoms with Crippen molar-refractivity contribution >= 4 is 54.1 Å². The van der Waals surface area contributed by atoms with Crippen LogP contribution in [0.5, 0.6) is 0 Å². The van der Waals surface area contributed by atoms with E-state index in [0.717, 1.165) is 28.0 Å². The second-order valence-corrected chi connectivity index (χ2v) is 11.0. The van der Waals surface area contributed by atoms with E-state index in [1.807, 2.05) is 24.4 Å². The third-order valence-corrected chi connectivity index (χ3v) is 8.62. The molecule has 2 aromatic heterocycles. The molecular weight excluding hydrogens is 522 g/mol. The number of nitrogens with zero attached hydrogens (tertiary/aromatic N) is 3. The Hall–Kier alpha value is -5.80. The van der Waals surface area contributed by atoms with Crippen molar-refractivity contribution in [1.82, 2.24) is 14.5 Å². The fraction of sp³-hybridized carbons (Fsp3) is 0. The average molecular weight is 548 g/mol. The van der Waals surface area contributed by atoms with Crippen LogP contribution >= 0.6 is 0 Å². The van der Waals surface area contributed by atoms with E-state index in [0.29, 0.717) is 5.82 Å². The van der Waals surface area contributed by atoms with Gasteiger partial charge in [-0.1, -0.05) is 140 Å². The van der Waals surface area contributed by atoms with E-state index >= 15 is 0 Å². The molecular formula is C40H25N3. The first-order valence-corrected chi connectivity index (χ1v) is 14.6. The molecule has 0 aliphatic rings. The van der Waals surface area contributed by atoms with Gasteiger partial charge in [0.25, 0.3) is 0 Å². The van der Waals surface area contributed by atoms with E-state index in [-0.39, 0.29) is 0 Å². The maximum absolute atomic E-state index is 5.26. The van der Waals surface area contributed by atoms with Gasteiger partial charge in [-0.2, -0.15) is 0 Å². The zero-order valence-electron chi connectivity index (χ0n) is 23.3. The van der Waals surface area contributed by atoms with E-state index in [4.69, 9.17) is 9.97 Å². The van der Waals surface area contributed by atoms with Crippen molar-refractivity contribution < 1.29 is 0 Å². The topological polar surface area (TPSA) is 30.7 Å². The van der Waals surface area contributed by atoms with Crippen LogP contribution in [0.1, 0.15) is 0 Å². The molecule has 0 amide bonds. The normalized spacial score (nSPS) is 11.7. The van der Waals surface area contributed by atoms with Crippen molar-refractivity contribution in [2.24, 2.45) is 0 Å². The minimum Gasteiger partial charge on any atom is -0.305 e. The summed E-state index contributed by atoms with van der Waals surface area (Å²) in [7, 11) is 0. The highest BCUT2D eigenvalue weighted by Gasteiger charge is 2.23. The summed E-state index contributed by atoms with van der Waals surface area (Å²) in [5.41, 5.74) is 6.23. The predicted molar refractivity (Wildman–Crippen MR) is 180 cm³/mol. The smallest absolute Gasteiger partial charge is 0.159 e. The van der Waals surface area contributed by atoms with Crippen LogP contribution in [0.25, 0.3) is 82.5 Å². The van der Waals surface area contributed by atoms with Crippen molar-refractivity contribution in [3.8, 4) is 28.3 Å². The van der Waals surface area contributed by atoms with Gasteiger partial charge in [-0.25, -0.2) is 9.97 Å². The molecule has 0 spiro atoms. The van der Waals surface area contributed by atoms with Crippen molar-refractivity contribution in [1.29, 1.82) is 0 Å². The second kappa shape index (κ2) is 9.37. The van der Waals surface area contributed by atoms with Gasteiger partial charge in [-0.15, -0.1) is 0 Å². The predicted octanol–water partition coefficient (Wildman–Crippen LogP) is 10.4. The highest BCUT2D eigenvalue weighted by Crippen LogP contribution is 2.45.